The molecule has 1 saturated carbocycles. The van der Waals surface area contributed by atoms with Crippen molar-refractivity contribution in [3.8, 4) is 0 Å². The summed E-state index contributed by atoms with van der Waals surface area (Å²) in [6, 6.07) is 1.57. The van der Waals surface area contributed by atoms with E-state index in [1.54, 1.807) is 11.0 Å². The Hall–Kier alpha value is -1.85. The summed E-state index contributed by atoms with van der Waals surface area (Å²) in [6.45, 7) is 2.89. The van der Waals surface area contributed by atoms with Crippen LogP contribution in [0.2, 0.25) is 0 Å². The standard InChI is InChI=1S/C14H17N3O3/c18-13-11-8-17(14(19)12-3-4-15-20-12)7-10(11)6-16(13)5-9-1-2-9/h3-4,9-11H,1-2,5-8H2/t10-,11+/m0/s1. The third-order valence-electron chi connectivity index (χ3n) is 4.64. The molecule has 6 heteroatoms. The molecule has 2 saturated heterocycles. The van der Waals surface area contributed by atoms with Crippen molar-refractivity contribution in [3.05, 3.63) is 18.0 Å². The Kier molecular flexibility index (Phi) is 2.58. The highest BCUT2D eigenvalue weighted by atomic mass is 16.5. The number of aromatic nitrogens is 1. The molecule has 1 aromatic rings. The number of nitrogens with zero attached hydrogens (tertiary/aromatic N) is 3. The van der Waals surface area contributed by atoms with Crippen LogP contribution in [0.3, 0.4) is 0 Å². The molecule has 2 aliphatic heterocycles. The van der Waals surface area contributed by atoms with Gasteiger partial charge < -0.3 is 14.3 Å². The Bertz CT molecular complexity index is 538. The van der Waals surface area contributed by atoms with Gasteiger partial charge in [-0.25, -0.2) is 0 Å². The van der Waals surface area contributed by atoms with Gasteiger partial charge in [0.05, 0.1) is 12.1 Å². The minimum absolute atomic E-state index is 0.0133. The monoisotopic (exact) mass is 275 g/mol. The number of amides is 2. The van der Waals surface area contributed by atoms with Crippen LogP contribution in [0.1, 0.15) is 23.4 Å². The molecule has 3 aliphatic rings. The Morgan fingerprint density at radius 3 is 2.85 bits per heavy atom. The predicted molar refractivity (Wildman–Crippen MR) is 68.7 cm³/mol. The minimum Gasteiger partial charge on any atom is -0.351 e. The summed E-state index contributed by atoms with van der Waals surface area (Å²) >= 11 is 0. The average Bonchev–Trinajstić information content (AvgIpc) is 2.89. The molecule has 1 aliphatic carbocycles. The number of hydrogen-bond acceptors (Lipinski definition) is 4. The van der Waals surface area contributed by atoms with Gasteiger partial charge >= 0.3 is 0 Å². The molecule has 0 radical (unpaired) electrons. The lowest BCUT2D eigenvalue weighted by Crippen LogP contribution is -2.36. The van der Waals surface area contributed by atoms with Gasteiger partial charge in [-0.05, 0) is 18.8 Å². The summed E-state index contributed by atoms with van der Waals surface area (Å²) in [5.74, 6) is 1.33. The maximum atomic E-state index is 12.4. The normalized spacial score (nSPS) is 29.1. The largest absolute Gasteiger partial charge is 0.351 e. The van der Waals surface area contributed by atoms with Crippen LogP contribution in [0.25, 0.3) is 0 Å². The topological polar surface area (TPSA) is 66.7 Å². The van der Waals surface area contributed by atoms with Crippen molar-refractivity contribution in [2.45, 2.75) is 12.8 Å². The summed E-state index contributed by atoms with van der Waals surface area (Å²) < 4.78 is 4.90. The van der Waals surface area contributed by atoms with Crippen molar-refractivity contribution in [2.24, 2.45) is 17.8 Å². The fourth-order valence-electron chi connectivity index (χ4n) is 3.37. The second-order valence-corrected chi connectivity index (χ2v) is 6.14. The van der Waals surface area contributed by atoms with Crippen molar-refractivity contribution in [3.63, 3.8) is 0 Å². The molecule has 1 aromatic heterocycles. The van der Waals surface area contributed by atoms with Gasteiger partial charge in [-0.1, -0.05) is 5.16 Å². The first kappa shape index (κ1) is 11.9. The second kappa shape index (κ2) is 4.33. The van der Waals surface area contributed by atoms with E-state index in [1.807, 2.05) is 4.90 Å². The van der Waals surface area contributed by atoms with Crippen LogP contribution < -0.4 is 0 Å². The molecule has 3 heterocycles. The van der Waals surface area contributed by atoms with E-state index < -0.39 is 0 Å². The smallest absolute Gasteiger partial charge is 0.292 e. The van der Waals surface area contributed by atoms with E-state index in [9.17, 15) is 9.59 Å². The summed E-state index contributed by atoms with van der Waals surface area (Å²) in [6.07, 6.45) is 3.98. The fourth-order valence-corrected chi connectivity index (χ4v) is 3.37. The highest BCUT2D eigenvalue weighted by Gasteiger charge is 2.48. The van der Waals surface area contributed by atoms with E-state index in [1.165, 1.54) is 19.0 Å². The lowest BCUT2D eigenvalue weighted by Gasteiger charge is -2.21. The van der Waals surface area contributed by atoms with Gasteiger partial charge in [-0.2, -0.15) is 0 Å². The number of carbonyl (C=O) groups excluding carboxylic acids is 2. The van der Waals surface area contributed by atoms with Crippen molar-refractivity contribution in [2.75, 3.05) is 26.2 Å². The van der Waals surface area contributed by atoms with Gasteiger partial charge in [0.2, 0.25) is 11.7 Å². The fraction of sp³-hybridized carbons (Fsp3) is 0.643. The van der Waals surface area contributed by atoms with E-state index in [2.05, 4.69) is 5.16 Å². The van der Waals surface area contributed by atoms with E-state index in [0.29, 0.717) is 13.1 Å². The third kappa shape index (κ3) is 1.90. The first-order valence-electron chi connectivity index (χ1n) is 7.21. The maximum absolute atomic E-state index is 12.4. The highest BCUT2D eigenvalue weighted by Crippen LogP contribution is 2.36. The molecule has 3 fully saturated rings. The lowest BCUT2D eigenvalue weighted by molar-refractivity contribution is -0.131. The van der Waals surface area contributed by atoms with Gasteiger partial charge in [0.1, 0.15) is 0 Å². The lowest BCUT2D eigenvalue weighted by atomic mass is 10.0. The number of fused-ring (bicyclic) bond motifs is 1. The molecule has 0 bridgehead atoms. The zero-order valence-corrected chi connectivity index (χ0v) is 11.2. The summed E-state index contributed by atoms with van der Waals surface area (Å²) in [4.78, 5) is 28.3. The van der Waals surface area contributed by atoms with Crippen molar-refractivity contribution < 1.29 is 14.1 Å². The summed E-state index contributed by atoms with van der Waals surface area (Å²) in [5, 5.41) is 3.56. The van der Waals surface area contributed by atoms with Crippen LogP contribution in [0.5, 0.6) is 0 Å². The molecule has 2 amide bonds. The number of likely N-dealkylation sites (tertiary alicyclic amines) is 2. The molecule has 106 valence electrons. The number of hydrogen-bond donors (Lipinski definition) is 0. The molecule has 6 nitrogen and oxygen atoms in total. The summed E-state index contributed by atoms with van der Waals surface area (Å²) in [5.41, 5.74) is 0. The van der Waals surface area contributed by atoms with E-state index >= 15 is 0 Å². The average molecular weight is 275 g/mol. The van der Waals surface area contributed by atoms with Crippen LogP contribution >= 0.6 is 0 Å². The van der Waals surface area contributed by atoms with Gasteiger partial charge in [0.15, 0.2) is 0 Å². The summed E-state index contributed by atoms with van der Waals surface area (Å²) in [7, 11) is 0. The molecule has 0 aromatic carbocycles. The van der Waals surface area contributed by atoms with Crippen LogP contribution in [-0.2, 0) is 4.79 Å². The first-order chi connectivity index (χ1) is 9.72. The Labute approximate surface area is 116 Å². The van der Waals surface area contributed by atoms with Gasteiger partial charge in [-0.3, -0.25) is 9.59 Å². The Morgan fingerprint density at radius 2 is 2.20 bits per heavy atom. The second-order valence-electron chi connectivity index (χ2n) is 6.14. The Balaban J connectivity index is 1.42. The Morgan fingerprint density at radius 1 is 1.35 bits per heavy atom. The predicted octanol–water partition coefficient (Wildman–Crippen LogP) is 0.615. The van der Waals surface area contributed by atoms with Crippen molar-refractivity contribution >= 4 is 11.8 Å². The number of rotatable bonds is 3. The van der Waals surface area contributed by atoms with Crippen molar-refractivity contribution in [1.82, 2.24) is 15.0 Å². The zero-order valence-electron chi connectivity index (χ0n) is 11.2. The molecule has 0 spiro atoms. The van der Waals surface area contributed by atoms with Gasteiger partial charge in [0, 0.05) is 38.2 Å². The molecule has 4 rings (SSSR count). The highest BCUT2D eigenvalue weighted by molar-refractivity contribution is 5.92. The molecule has 0 unspecified atom stereocenters. The SMILES string of the molecule is O=C(c1ccno1)N1C[C@@H]2CN(CC3CC3)C(=O)[C@@H]2C1. The van der Waals surface area contributed by atoms with Gasteiger partial charge in [-0.15, -0.1) is 0 Å². The minimum atomic E-state index is -0.154. The van der Waals surface area contributed by atoms with Crippen LogP contribution in [0, 0.1) is 17.8 Å². The molecule has 2 atom stereocenters. The van der Waals surface area contributed by atoms with E-state index in [-0.39, 0.29) is 29.4 Å². The van der Waals surface area contributed by atoms with Crippen molar-refractivity contribution in [1.29, 1.82) is 0 Å². The molecular weight excluding hydrogens is 258 g/mol. The molecular formula is C14H17N3O3. The first-order valence-corrected chi connectivity index (χ1v) is 7.21. The van der Waals surface area contributed by atoms with Crippen LogP contribution in [0.15, 0.2) is 16.8 Å². The van der Waals surface area contributed by atoms with E-state index in [4.69, 9.17) is 4.52 Å². The van der Waals surface area contributed by atoms with Crippen LogP contribution in [-0.4, -0.2) is 52.9 Å². The molecule has 20 heavy (non-hydrogen) atoms. The molecule has 0 N–H and O–H groups in total. The van der Waals surface area contributed by atoms with Gasteiger partial charge in [0.25, 0.3) is 5.91 Å². The zero-order chi connectivity index (χ0) is 13.7. The van der Waals surface area contributed by atoms with Crippen LogP contribution in [0.4, 0.5) is 0 Å². The quantitative estimate of drug-likeness (QED) is 0.811. The van der Waals surface area contributed by atoms with E-state index in [0.717, 1.165) is 19.0 Å². The maximum Gasteiger partial charge on any atom is 0.292 e. The third-order valence-corrected chi connectivity index (χ3v) is 4.64. The number of carbonyl (C=O) groups is 2.